The number of hydrogen-bond donors (Lipinski definition) is 1. The fraction of sp³-hybridized carbons (Fsp3) is 0.154. The molecule has 0 spiro atoms. The summed E-state index contributed by atoms with van der Waals surface area (Å²) in [6, 6.07) is 7.58. The number of fused-ring (bicyclic) bond motifs is 3. The zero-order valence-electron chi connectivity index (χ0n) is 9.62. The van der Waals surface area contributed by atoms with Crippen LogP contribution >= 0.6 is 11.3 Å². The quantitative estimate of drug-likeness (QED) is 0.767. The molecule has 0 aliphatic rings. The summed E-state index contributed by atoms with van der Waals surface area (Å²) < 4.78 is 2.10. The Hall–Kier alpha value is -2.01. The Labute approximate surface area is 107 Å². The van der Waals surface area contributed by atoms with E-state index in [-0.39, 0.29) is 0 Å². The second-order valence-electron chi connectivity index (χ2n) is 4.09. The summed E-state index contributed by atoms with van der Waals surface area (Å²) in [5.74, 6) is -1.47. The molecule has 18 heavy (non-hydrogen) atoms. The van der Waals surface area contributed by atoms with Crippen LogP contribution in [0.15, 0.2) is 30.5 Å². The van der Waals surface area contributed by atoms with Gasteiger partial charge in [0.15, 0.2) is 0 Å². The molecule has 0 aliphatic heterocycles. The van der Waals surface area contributed by atoms with Crippen molar-refractivity contribution < 1.29 is 9.90 Å². The van der Waals surface area contributed by atoms with E-state index in [2.05, 4.69) is 9.97 Å². The molecule has 1 atom stereocenters. The Balaban J connectivity index is 2.27. The summed E-state index contributed by atoms with van der Waals surface area (Å²) in [5.41, 5.74) is 2.21. The van der Waals surface area contributed by atoms with Gasteiger partial charge in [0.1, 0.15) is 11.0 Å². The van der Waals surface area contributed by atoms with Gasteiger partial charge in [0, 0.05) is 6.20 Å². The summed E-state index contributed by atoms with van der Waals surface area (Å²) in [6.07, 6.45) is 1.73. The molecule has 0 aliphatic carbocycles. The number of carbonyl (C=O) groups is 1. The van der Waals surface area contributed by atoms with Crippen LogP contribution in [0.1, 0.15) is 18.5 Å². The van der Waals surface area contributed by atoms with E-state index < -0.39 is 11.9 Å². The topological polar surface area (TPSA) is 63.1 Å². The molecule has 0 saturated heterocycles. The summed E-state index contributed by atoms with van der Waals surface area (Å²) in [4.78, 5) is 19.8. The molecule has 0 amide bonds. The summed E-state index contributed by atoms with van der Waals surface area (Å²) in [5, 5.41) is 9.02. The lowest BCUT2D eigenvalue weighted by atomic mass is 10.1. The number of aromatic nitrogens is 2. The Bertz CT molecular complexity index is 751. The van der Waals surface area contributed by atoms with Crippen LogP contribution in [0.2, 0.25) is 0 Å². The van der Waals surface area contributed by atoms with E-state index in [1.807, 2.05) is 18.2 Å². The van der Waals surface area contributed by atoms with E-state index in [1.165, 1.54) is 0 Å². The van der Waals surface area contributed by atoms with E-state index >= 15 is 0 Å². The third kappa shape index (κ3) is 1.64. The molecule has 3 rings (SSSR count). The van der Waals surface area contributed by atoms with Crippen LogP contribution in [-0.4, -0.2) is 21.0 Å². The highest BCUT2D eigenvalue weighted by atomic mass is 32.1. The van der Waals surface area contributed by atoms with Gasteiger partial charge in [0.25, 0.3) is 0 Å². The smallest absolute Gasteiger partial charge is 0.312 e. The third-order valence-corrected chi connectivity index (χ3v) is 4.01. The Morgan fingerprint density at radius 1 is 1.28 bits per heavy atom. The molecule has 1 unspecified atom stereocenters. The number of carboxylic acid groups (broad SMARTS) is 1. The molecule has 0 radical (unpaired) electrons. The molecule has 0 aromatic carbocycles. The van der Waals surface area contributed by atoms with E-state index in [0.717, 1.165) is 20.4 Å². The Kier molecular flexibility index (Phi) is 2.48. The second-order valence-corrected chi connectivity index (χ2v) is 5.18. The zero-order valence-corrected chi connectivity index (χ0v) is 10.4. The lowest BCUT2D eigenvalue weighted by molar-refractivity contribution is -0.138. The van der Waals surface area contributed by atoms with Crippen molar-refractivity contribution >= 4 is 37.7 Å². The standard InChI is InChI=1S/C13H10N2O2S/c1-7(13(16)17)8-4-5-10-12(15-8)11-9(18-10)3-2-6-14-11/h2-7H,1H3,(H,16,17). The molecular weight excluding hydrogens is 248 g/mol. The molecule has 0 fully saturated rings. The van der Waals surface area contributed by atoms with Gasteiger partial charge in [-0.25, -0.2) is 4.98 Å². The van der Waals surface area contributed by atoms with Gasteiger partial charge in [0.2, 0.25) is 0 Å². The van der Waals surface area contributed by atoms with Gasteiger partial charge in [-0.05, 0) is 31.2 Å². The third-order valence-electron chi connectivity index (χ3n) is 2.91. The fourth-order valence-corrected chi connectivity index (χ4v) is 2.86. The maximum absolute atomic E-state index is 11.0. The van der Waals surface area contributed by atoms with Gasteiger partial charge < -0.3 is 5.11 Å². The van der Waals surface area contributed by atoms with E-state index in [9.17, 15) is 4.79 Å². The molecule has 3 heterocycles. The van der Waals surface area contributed by atoms with Crippen LogP contribution in [0.5, 0.6) is 0 Å². The van der Waals surface area contributed by atoms with Crippen LogP contribution in [-0.2, 0) is 4.79 Å². The van der Waals surface area contributed by atoms with Crippen molar-refractivity contribution in [1.82, 2.24) is 9.97 Å². The van der Waals surface area contributed by atoms with Crippen molar-refractivity contribution in [3.8, 4) is 0 Å². The zero-order chi connectivity index (χ0) is 12.7. The maximum atomic E-state index is 11.0. The average molecular weight is 258 g/mol. The maximum Gasteiger partial charge on any atom is 0.312 e. The predicted molar refractivity (Wildman–Crippen MR) is 71.0 cm³/mol. The number of thiophene rings is 1. The van der Waals surface area contributed by atoms with Crippen LogP contribution in [0.25, 0.3) is 20.4 Å². The molecular formula is C13H10N2O2S. The minimum absolute atomic E-state index is 0.570. The van der Waals surface area contributed by atoms with E-state index in [1.54, 1.807) is 30.5 Å². The predicted octanol–water partition coefficient (Wildman–Crippen LogP) is 3.03. The van der Waals surface area contributed by atoms with E-state index in [0.29, 0.717) is 5.69 Å². The highest BCUT2D eigenvalue weighted by molar-refractivity contribution is 7.25. The number of nitrogens with zero attached hydrogens (tertiary/aromatic N) is 2. The van der Waals surface area contributed by atoms with Crippen LogP contribution in [0.3, 0.4) is 0 Å². The minimum atomic E-state index is -0.866. The van der Waals surface area contributed by atoms with Gasteiger partial charge in [-0.15, -0.1) is 11.3 Å². The van der Waals surface area contributed by atoms with Gasteiger partial charge in [-0.3, -0.25) is 9.78 Å². The Morgan fingerprint density at radius 3 is 2.83 bits per heavy atom. The van der Waals surface area contributed by atoms with Crippen LogP contribution in [0.4, 0.5) is 0 Å². The van der Waals surface area contributed by atoms with Gasteiger partial charge in [0.05, 0.1) is 21.0 Å². The largest absolute Gasteiger partial charge is 0.481 e. The first-order valence-corrected chi connectivity index (χ1v) is 6.35. The van der Waals surface area contributed by atoms with Crippen molar-refractivity contribution in [2.24, 2.45) is 0 Å². The molecule has 3 aromatic heterocycles. The molecule has 90 valence electrons. The number of carboxylic acids is 1. The SMILES string of the molecule is CC(C(=O)O)c1ccc2sc3cccnc3c2n1. The first-order chi connectivity index (χ1) is 8.66. The fourth-order valence-electron chi connectivity index (χ4n) is 1.85. The van der Waals surface area contributed by atoms with Crippen molar-refractivity contribution in [1.29, 1.82) is 0 Å². The average Bonchev–Trinajstić information content (AvgIpc) is 2.75. The van der Waals surface area contributed by atoms with Crippen molar-refractivity contribution in [3.63, 3.8) is 0 Å². The van der Waals surface area contributed by atoms with Gasteiger partial charge in [-0.2, -0.15) is 0 Å². The first kappa shape index (κ1) is 11.1. The minimum Gasteiger partial charge on any atom is -0.481 e. The molecule has 5 heteroatoms. The monoisotopic (exact) mass is 258 g/mol. The van der Waals surface area contributed by atoms with Crippen molar-refractivity contribution in [2.45, 2.75) is 12.8 Å². The summed E-state index contributed by atoms with van der Waals surface area (Å²) in [6.45, 7) is 1.64. The molecule has 0 saturated carbocycles. The molecule has 4 nitrogen and oxygen atoms in total. The number of hydrogen-bond acceptors (Lipinski definition) is 4. The van der Waals surface area contributed by atoms with Crippen LogP contribution in [0, 0.1) is 0 Å². The Morgan fingerprint density at radius 2 is 2.06 bits per heavy atom. The lowest BCUT2D eigenvalue weighted by Gasteiger charge is -2.04. The van der Waals surface area contributed by atoms with Gasteiger partial charge in [-0.1, -0.05) is 0 Å². The van der Waals surface area contributed by atoms with Crippen LogP contribution < -0.4 is 0 Å². The van der Waals surface area contributed by atoms with Crippen molar-refractivity contribution in [3.05, 3.63) is 36.2 Å². The highest BCUT2D eigenvalue weighted by Crippen LogP contribution is 2.31. The van der Waals surface area contributed by atoms with Crippen molar-refractivity contribution in [2.75, 3.05) is 0 Å². The van der Waals surface area contributed by atoms with Gasteiger partial charge >= 0.3 is 5.97 Å². The van der Waals surface area contributed by atoms with E-state index in [4.69, 9.17) is 5.11 Å². The normalized spacial score (nSPS) is 12.9. The molecule has 0 bridgehead atoms. The number of rotatable bonds is 2. The number of pyridine rings is 2. The summed E-state index contributed by atoms with van der Waals surface area (Å²) in [7, 11) is 0. The molecule has 1 N–H and O–H groups in total. The lowest BCUT2D eigenvalue weighted by Crippen LogP contribution is -2.08. The first-order valence-electron chi connectivity index (χ1n) is 5.54. The molecule has 3 aromatic rings. The highest BCUT2D eigenvalue weighted by Gasteiger charge is 2.17. The second kappa shape index (κ2) is 4.03. The number of aliphatic carboxylic acids is 1. The summed E-state index contributed by atoms with van der Waals surface area (Å²) >= 11 is 1.62.